The summed E-state index contributed by atoms with van der Waals surface area (Å²) in [7, 11) is 0. The topological polar surface area (TPSA) is 62.2 Å². The average Bonchev–Trinajstić information content (AvgIpc) is 3.21. The molecule has 2 N–H and O–H groups in total. The average molecular weight is 390 g/mol. The summed E-state index contributed by atoms with van der Waals surface area (Å²) in [6.07, 6.45) is 1.83. The SMILES string of the molecule is Cc1ccc(-n2cc(C(=O)NCCN3CCNCC3)c(-c3ccccc3)n2)cc1. The maximum atomic E-state index is 13.0. The number of nitrogens with one attached hydrogen (secondary N) is 2. The van der Waals surface area contributed by atoms with Crippen molar-refractivity contribution in [3.63, 3.8) is 0 Å². The van der Waals surface area contributed by atoms with Gasteiger partial charge < -0.3 is 10.6 Å². The molecule has 1 amide bonds. The molecule has 4 rings (SSSR count). The molecule has 1 fully saturated rings. The van der Waals surface area contributed by atoms with Crippen LogP contribution in [-0.4, -0.2) is 59.9 Å². The van der Waals surface area contributed by atoms with E-state index in [9.17, 15) is 4.79 Å². The van der Waals surface area contributed by atoms with Crippen molar-refractivity contribution >= 4 is 5.91 Å². The molecule has 1 saturated heterocycles. The molecule has 0 spiro atoms. The lowest BCUT2D eigenvalue weighted by Gasteiger charge is -2.27. The summed E-state index contributed by atoms with van der Waals surface area (Å²) in [5.74, 6) is -0.0858. The minimum Gasteiger partial charge on any atom is -0.351 e. The minimum absolute atomic E-state index is 0.0858. The molecule has 29 heavy (non-hydrogen) atoms. The number of hydrogen-bond acceptors (Lipinski definition) is 4. The summed E-state index contributed by atoms with van der Waals surface area (Å²) in [5, 5.41) is 11.2. The summed E-state index contributed by atoms with van der Waals surface area (Å²) >= 11 is 0. The Kier molecular flexibility index (Phi) is 6.03. The van der Waals surface area contributed by atoms with Crippen LogP contribution in [0.4, 0.5) is 0 Å². The van der Waals surface area contributed by atoms with Crippen LogP contribution in [0.15, 0.2) is 60.8 Å². The van der Waals surface area contributed by atoms with Gasteiger partial charge in [-0.2, -0.15) is 5.10 Å². The van der Waals surface area contributed by atoms with Gasteiger partial charge in [-0.05, 0) is 19.1 Å². The Morgan fingerprint density at radius 1 is 1.07 bits per heavy atom. The van der Waals surface area contributed by atoms with E-state index >= 15 is 0 Å². The smallest absolute Gasteiger partial charge is 0.255 e. The van der Waals surface area contributed by atoms with Crippen LogP contribution in [0.1, 0.15) is 15.9 Å². The van der Waals surface area contributed by atoms with E-state index in [1.807, 2.05) is 60.8 Å². The van der Waals surface area contributed by atoms with Gasteiger partial charge in [0, 0.05) is 51.0 Å². The zero-order valence-corrected chi connectivity index (χ0v) is 16.8. The van der Waals surface area contributed by atoms with Crippen molar-refractivity contribution in [3.8, 4) is 16.9 Å². The van der Waals surface area contributed by atoms with Crippen molar-refractivity contribution in [3.05, 3.63) is 71.9 Å². The number of aromatic nitrogens is 2. The number of benzene rings is 2. The van der Waals surface area contributed by atoms with Crippen molar-refractivity contribution in [1.82, 2.24) is 25.3 Å². The first-order valence-corrected chi connectivity index (χ1v) is 10.1. The molecule has 1 aliphatic heterocycles. The summed E-state index contributed by atoms with van der Waals surface area (Å²) in [6, 6.07) is 18.0. The van der Waals surface area contributed by atoms with Gasteiger partial charge in [0.15, 0.2) is 0 Å². The molecule has 6 nitrogen and oxygen atoms in total. The van der Waals surface area contributed by atoms with Gasteiger partial charge in [0.2, 0.25) is 0 Å². The highest BCUT2D eigenvalue weighted by atomic mass is 16.1. The third-order valence-electron chi connectivity index (χ3n) is 5.23. The third kappa shape index (κ3) is 4.72. The third-order valence-corrected chi connectivity index (χ3v) is 5.23. The number of nitrogens with zero attached hydrogens (tertiary/aromatic N) is 3. The second kappa shape index (κ2) is 9.03. The van der Waals surface area contributed by atoms with Crippen LogP contribution >= 0.6 is 0 Å². The van der Waals surface area contributed by atoms with E-state index in [0.29, 0.717) is 17.8 Å². The lowest BCUT2D eigenvalue weighted by molar-refractivity contribution is 0.0948. The molecule has 0 aliphatic carbocycles. The molecule has 150 valence electrons. The van der Waals surface area contributed by atoms with Crippen LogP contribution in [0.5, 0.6) is 0 Å². The molecule has 0 bridgehead atoms. The Balaban J connectivity index is 1.55. The monoisotopic (exact) mass is 389 g/mol. The predicted octanol–water partition coefficient (Wildman–Crippen LogP) is 2.48. The fraction of sp³-hybridized carbons (Fsp3) is 0.304. The highest BCUT2D eigenvalue weighted by Crippen LogP contribution is 2.23. The Hall–Kier alpha value is -2.96. The Morgan fingerprint density at radius 2 is 1.79 bits per heavy atom. The molecule has 0 atom stereocenters. The molecular weight excluding hydrogens is 362 g/mol. The molecule has 6 heteroatoms. The molecular formula is C23H27N5O. The van der Waals surface area contributed by atoms with E-state index in [-0.39, 0.29) is 5.91 Å². The van der Waals surface area contributed by atoms with Crippen molar-refractivity contribution in [2.24, 2.45) is 0 Å². The maximum absolute atomic E-state index is 13.0. The first-order chi connectivity index (χ1) is 14.2. The first kappa shape index (κ1) is 19.4. The van der Waals surface area contributed by atoms with E-state index in [0.717, 1.165) is 44.0 Å². The first-order valence-electron chi connectivity index (χ1n) is 10.1. The van der Waals surface area contributed by atoms with Gasteiger partial charge in [0.1, 0.15) is 5.69 Å². The molecule has 0 saturated carbocycles. The van der Waals surface area contributed by atoms with E-state index in [4.69, 9.17) is 5.10 Å². The zero-order chi connectivity index (χ0) is 20.1. The Bertz CT molecular complexity index is 943. The lowest BCUT2D eigenvalue weighted by Crippen LogP contribution is -2.46. The van der Waals surface area contributed by atoms with Crippen molar-refractivity contribution in [2.75, 3.05) is 39.3 Å². The van der Waals surface area contributed by atoms with Gasteiger partial charge in [-0.3, -0.25) is 9.69 Å². The number of carbonyl (C=O) groups excluding carboxylic acids is 1. The van der Waals surface area contributed by atoms with Crippen LogP contribution in [-0.2, 0) is 0 Å². The second-order valence-electron chi connectivity index (χ2n) is 7.39. The van der Waals surface area contributed by atoms with Crippen LogP contribution in [0.2, 0.25) is 0 Å². The van der Waals surface area contributed by atoms with Crippen LogP contribution in [0, 0.1) is 6.92 Å². The highest BCUT2D eigenvalue weighted by molar-refractivity contribution is 5.99. The van der Waals surface area contributed by atoms with Crippen molar-refractivity contribution in [1.29, 1.82) is 0 Å². The molecule has 0 radical (unpaired) electrons. The number of rotatable bonds is 6. The van der Waals surface area contributed by atoms with Crippen LogP contribution < -0.4 is 10.6 Å². The second-order valence-corrected chi connectivity index (χ2v) is 7.39. The number of carbonyl (C=O) groups is 1. The van der Waals surface area contributed by atoms with Gasteiger partial charge in [-0.25, -0.2) is 4.68 Å². The molecule has 1 aromatic heterocycles. The van der Waals surface area contributed by atoms with Crippen LogP contribution in [0.3, 0.4) is 0 Å². The van der Waals surface area contributed by atoms with E-state index in [2.05, 4.69) is 22.5 Å². The highest BCUT2D eigenvalue weighted by Gasteiger charge is 2.19. The predicted molar refractivity (Wildman–Crippen MR) is 115 cm³/mol. The lowest BCUT2D eigenvalue weighted by atomic mass is 10.1. The van der Waals surface area contributed by atoms with Gasteiger partial charge in [0.05, 0.1) is 11.3 Å². The van der Waals surface area contributed by atoms with E-state index < -0.39 is 0 Å². The number of amides is 1. The normalized spacial score (nSPS) is 14.7. The van der Waals surface area contributed by atoms with Crippen molar-refractivity contribution in [2.45, 2.75) is 6.92 Å². The Labute approximate surface area is 171 Å². The Morgan fingerprint density at radius 3 is 2.52 bits per heavy atom. The fourth-order valence-electron chi connectivity index (χ4n) is 3.54. The van der Waals surface area contributed by atoms with E-state index in [1.54, 1.807) is 4.68 Å². The summed E-state index contributed by atoms with van der Waals surface area (Å²) in [6.45, 7) is 7.61. The maximum Gasteiger partial charge on any atom is 0.255 e. The van der Waals surface area contributed by atoms with Gasteiger partial charge >= 0.3 is 0 Å². The minimum atomic E-state index is -0.0858. The molecule has 0 unspecified atom stereocenters. The summed E-state index contributed by atoms with van der Waals surface area (Å²) in [5.41, 5.74) is 4.36. The number of hydrogen-bond donors (Lipinski definition) is 2. The zero-order valence-electron chi connectivity index (χ0n) is 16.8. The fourth-order valence-corrected chi connectivity index (χ4v) is 3.54. The molecule has 3 aromatic rings. The summed E-state index contributed by atoms with van der Waals surface area (Å²) in [4.78, 5) is 15.3. The van der Waals surface area contributed by atoms with Gasteiger partial charge in [-0.15, -0.1) is 0 Å². The quantitative estimate of drug-likeness (QED) is 0.680. The number of piperazine rings is 1. The summed E-state index contributed by atoms with van der Waals surface area (Å²) < 4.78 is 1.78. The standard InChI is InChI=1S/C23H27N5O/c1-18-7-9-20(10-8-18)28-17-21(22(26-28)19-5-3-2-4-6-19)23(29)25-13-16-27-14-11-24-12-15-27/h2-10,17,24H,11-16H2,1H3,(H,25,29). The number of aryl methyl sites for hydroxylation is 1. The van der Waals surface area contributed by atoms with Crippen LogP contribution in [0.25, 0.3) is 16.9 Å². The molecule has 2 aromatic carbocycles. The van der Waals surface area contributed by atoms with Gasteiger partial charge in [0.25, 0.3) is 5.91 Å². The van der Waals surface area contributed by atoms with Crippen molar-refractivity contribution < 1.29 is 4.79 Å². The van der Waals surface area contributed by atoms with Gasteiger partial charge in [-0.1, -0.05) is 48.0 Å². The molecule has 2 heterocycles. The molecule has 1 aliphatic rings. The van der Waals surface area contributed by atoms with E-state index in [1.165, 1.54) is 5.56 Å². The largest absolute Gasteiger partial charge is 0.351 e.